The van der Waals surface area contributed by atoms with Gasteiger partial charge in [-0.1, -0.05) is 25.4 Å². The van der Waals surface area contributed by atoms with Crippen molar-refractivity contribution in [2.45, 2.75) is 33.3 Å². The molecule has 1 atom stereocenters. The van der Waals surface area contributed by atoms with Crippen LogP contribution in [0.2, 0.25) is 5.02 Å². The molecule has 5 nitrogen and oxygen atoms in total. The summed E-state index contributed by atoms with van der Waals surface area (Å²) >= 11 is 5.94. The molecule has 0 radical (unpaired) electrons. The minimum absolute atomic E-state index is 0.0205. The lowest BCUT2D eigenvalue weighted by Gasteiger charge is -2.12. The van der Waals surface area contributed by atoms with Gasteiger partial charge in [-0.25, -0.2) is 13.5 Å². The molecular weight excluding hydrogens is 414 g/mol. The normalized spacial score (nSPS) is 12.0. The topological polar surface area (TPSA) is 64.3 Å². The van der Waals surface area contributed by atoms with Crippen molar-refractivity contribution in [2.75, 3.05) is 0 Å². The summed E-state index contributed by atoms with van der Waals surface area (Å²) in [6, 6.07) is 11.1. The largest absolute Gasteiger partial charge is 0.481 e. The van der Waals surface area contributed by atoms with Crippen LogP contribution in [0.15, 0.2) is 42.5 Å². The number of nitrogens with zero attached hydrogens (tertiary/aromatic N) is 2. The number of aryl methyl sites for hydroxylation is 1. The molecule has 0 aliphatic heterocycles. The summed E-state index contributed by atoms with van der Waals surface area (Å²) in [7, 11) is 0. The van der Waals surface area contributed by atoms with Crippen molar-refractivity contribution in [3.63, 3.8) is 0 Å². The molecule has 0 aliphatic rings. The molecule has 8 heteroatoms. The second kappa shape index (κ2) is 9.26. The highest BCUT2D eigenvalue weighted by Gasteiger charge is 2.18. The van der Waals surface area contributed by atoms with Crippen molar-refractivity contribution in [2.24, 2.45) is 5.92 Å². The van der Waals surface area contributed by atoms with E-state index in [9.17, 15) is 13.6 Å². The van der Waals surface area contributed by atoms with E-state index in [0.717, 1.165) is 23.5 Å². The third-order valence-electron chi connectivity index (χ3n) is 4.65. The molecule has 0 aliphatic carbocycles. The third kappa shape index (κ3) is 4.97. The SMILES string of the molecule is CCc1cc(COc2c(F)cc(CC(C)C(=O)O)cc2F)n(-c2ccc(Cl)cc2)n1. The van der Waals surface area contributed by atoms with Crippen LogP contribution in [0.5, 0.6) is 5.75 Å². The molecule has 3 rings (SSSR count). The highest BCUT2D eigenvalue weighted by Crippen LogP contribution is 2.26. The Morgan fingerprint density at radius 1 is 1.20 bits per heavy atom. The van der Waals surface area contributed by atoms with Crippen LogP contribution in [0.3, 0.4) is 0 Å². The molecule has 0 saturated carbocycles. The maximum atomic E-state index is 14.5. The van der Waals surface area contributed by atoms with Gasteiger partial charge in [-0.3, -0.25) is 4.79 Å². The molecule has 0 fully saturated rings. The number of benzene rings is 2. The first-order valence-electron chi connectivity index (χ1n) is 9.45. The molecule has 30 heavy (non-hydrogen) atoms. The summed E-state index contributed by atoms with van der Waals surface area (Å²) < 4.78 is 36.0. The molecule has 2 aromatic carbocycles. The van der Waals surface area contributed by atoms with Gasteiger partial charge in [0.1, 0.15) is 6.61 Å². The van der Waals surface area contributed by atoms with Crippen molar-refractivity contribution >= 4 is 17.6 Å². The number of carboxylic acid groups (broad SMARTS) is 1. The van der Waals surface area contributed by atoms with E-state index in [1.165, 1.54) is 6.92 Å². The van der Waals surface area contributed by atoms with E-state index in [-0.39, 0.29) is 18.6 Å². The molecule has 1 heterocycles. The van der Waals surface area contributed by atoms with Gasteiger partial charge in [0.2, 0.25) is 0 Å². The average molecular weight is 435 g/mol. The van der Waals surface area contributed by atoms with Gasteiger partial charge in [-0.05, 0) is 60.9 Å². The highest BCUT2D eigenvalue weighted by atomic mass is 35.5. The Labute approximate surface area is 177 Å². The highest BCUT2D eigenvalue weighted by molar-refractivity contribution is 6.30. The van der Waals surface area contributed by atoms with Crippen LogP contribution in [-0.4, -0.2) is 20.9 Å². The predicted molar refractivity (Wildman–Crippen MR) is 109 cm³/mol. The van der Waals surface area contributed by atoms with Crippen molar-refractivity contribution in [3.8, 4) is 11.4 Å². The number of rotatable bonds is 8. The number of halogens is 3. The molecule has 3 aromatic rings. The van der Waals surface area contributed by atoms with Gasteiger partial charge in [0.25, 0.3) is 0 Å². The zero-order valence-corrected chi connectivity index (χ0v) is 17.3. The molecule has 0 bridgehead atoms. The van der Waals surface area contributed by atoms with E-state index in [0.29, 0.717) is 17.1 Å². The molecule has 158 valence electrons. The van der Waals surface area contributed by atoms with Gasteiger partial charge in [0.15, 0.2) is 17.4 Å². The number of aromatic nitrogens is 2. The first-order chi connectivity index (χ1) is 14.3. The fourth-order valence-electron chi connectivity index (χ4n) is 3.01. The molecule has 0 spiro atoms. The van der Waals surface area contributed by atoms with Crippen LogP contribution in [0.25, 0.3) is 5.69 Å². The van der Waals surface area contributed by atoms with Crippen molar-refractivity contribution in [3.05, 3.63) is 76.1 Å². The Balaban J connectivity index is 1.82. The number of ether oxygens (including phenoxy) is 1. The number of hydrogen-bond acceptors (Lipinski definition) is 3. The lowest BCUT2D eigenvalue weighted by atomic mass is 10.0. The predicted octanol–water partition coefficient (Wildman–Crippen LogP) is 5.21. The summed E-state index contributed by atoms with van der Waals surface area (Å²) in [5.41, 5.74) is 2.43. The van der Waals surface area contributed by atoms with Gasteiger partial charge < -0.3 is 9.84 Å². The summed E-state index contributed by atoms with van der Waals surface area (Å²) in [5, 5.41) is 14.1. The molecule has 0 amide bonds. The maximum absolute atomic E-state index is 14.5. The van der Waals surface area contributed by atoms with E-state index in [2.05, 4.69) is 5.10 Å². The Morgan fingerprint density at radius 2 is 1.83 bits per heavy atom. The number of carboxylic acids is 1. The fourth-order valence-corrected chi connectivity index (χ4v) is 3.14. The smallest absolute Gasteiger partial charge is 0.306 e. The van der Waals surface area contributed by atoms with E-state index < -0.39 is 29.3 Å². The van der Waals surface area contributed by atoms with Gasteiger partial charge in [-0.2, -0.15) is 5.10 Å². The Bertz CT molecular complexity index is 1030. The fraction of sp³-hybridized carbons (Fsp3) is 0.273. The molecule has 1 N–H and O–H groups in total. The summed E-state index contributed by atoms with van der Waals surface area (Å²) in [4.78, 5) is 11.0. The third-order valence-corrected chi connectivity index (χ3v) is 4.91. The Morgan fingerprint density at radius 3 is 2.40 bits per heavy atom. The quantitative estimate of drug-likeness (QED) is 0.528. The van der Waals surface area contributed by atoms with E-state index >= 15 is 0 Å². The number of aliphatic carboxylic acids is 1. The summed E-state index contributed by atoms with van der Waals surface area (Å²) in [6.45, 7) is 3.33. The van der Waals surface area contributed by atoms with Gasteiger partial charge in [0.05, 0.1) is 23.0 Å². The van der Waals surface area contributed by atoms with E-state index in [1.54, 1.807) is 28.9 Å². The Kier molecular flexibility index (Phi) is 6.72. The standard InChI is InChI=1S/C22H21ClF2N2O3/c1-3-16-11-18(27(26-16)17-6-4-15(23)5-7-17)12-30-21-19(24)9-14(10-20(21)25)8-13(2)22(28)29/h4-7,9-11,13H,3,8,12H2,1-2H3,(H,28,29). The van der Waals surface area contributed by atoms with Gasteiger partial charge >= 0.3 is 5.97 Å². The summed E-state index contributed by atoms with van der Waals surface area (Å²) in [6.07, 6.45) is 0.708. The zero-order chi connectivity index (χ0) is 21.8. The van der Waals surface area contributed by atoms with Crippen molar-refractivity contribution < 1.29 is 23.4 Å². The lowest BCUT2D eigenvalue weighted by molar-refractivity contribution is -0.141. The lowest BCUT2D eigenvalue weighted by Crippen LogP contribution is -2.13. The van der Waals surface area contributed by atoms with Crippen LogP contribution >= 0.6 is 11.6 Å². The molecule has 1 unspecified atom stereocenters. The van der Waals surface area contributed by atoms with Crippen LogP contribution in [0.4, 0.5) is 8.78 Å². The first-order valence-corrected chi connectivity index (χ1v) is 9.83. The van der Waals surface area contributed by atoms with Crippen LogP contribution < -0.4 is 4.74 Å². The summed E-state index contributed by atoms with van der Waals surface area (Å²) in [5.74, 6) is -4.05. The second-order valence-electron chi connectivity index (χ2n) is 6.99. The van der Waals surface area contributed by atoms with Crippen LogP contribution in [-0.2, 0) is 24.2 Å². The molecular formula is C22H21ClF2N2O3. The number of carbonyl (C=O) groups is 1. The zero-order valence-electron chi connectivity index (χ0n) is 16.5. The maximum Gasteiger partial charge on any atom is 0.306 e. The second-order valence-corrected chi connectivity index (χ2v) is 7.43. The van der Waals surface area contributed by atoms with Crippen LogP contribution in [0.1, 0.15) is 30.8 Å². The molecule has 1 aromatic heterocycles. The minimum atomic E-state index is -1.03. The number of hydrogen-bond donors (Lipinski definition) is 1. The van der Waals surface area contributed by atoms with E-state index in [4.69, 9.17) is 21.4 Å². The molecule has 0 saturated heterocycles. The van der Waals surface area contributed by atoms with Gasteiger partial charge in [-0.15, -0.1) is 0 Å². The monoisotopic (exact) mass is 434 g/mol. The van der Waals surface area contributed by atoms with Crippen molar-refractivity contribution in [1.29, 1.82) is 0 Å². The van der Waals surface area contributed by atoms with E-state index in [1.807, 2.05) is 13.0 Å². The Hall–Kier alpha value is -2.93. The van der Waals surface area contributed by atoms with Crippen molar-refractivity contribution in [1.82, 2.24) is 9.78 Å². The first kappa shape index (κ1) is 21.8. The van der Waals surface area contributed by atoms with Gasteiger partial charge in [0, 0.05) is 5.02 Å². The average Bonchev–Trinajstić information content (AvgIpc) is 3.11. The van der Waals surface area contributed by atoms with Crippen LogP contribution in [0, 0.1) is 17.6 Å². The minimum Gasteiger partial charge on any atom is -0.481 e.